The van der Waals surface area contributed by atoms with Crippen molar-refractivity contribution in [2.45, 2.75) is 0 Å². The summed E-state index contributed by atoms with van der Waals surface area (Å²) in [7, 11) is 2.83. The van der Waals surface area contributed by atoms with E-state index in [1.165, 1.54) is 38.5 Å². The molecule has 2 aromatic carbocycles. The van der Waals surface area contributed by atoms with Crippen LogP contribution in [-0.2, 0) is 9.53 Å². The number of esters is 1. The summed E-state index contributed by atoms with van der Waals surface area (Å²) in [6.45, 7) is -0.602. The van der Waals surface area contributed by atoms with Crippen LogP contribution in [-0.4, -0.2) is 37.6 Å². The average molecular weight is 395 g/mol. The van der Waals surface area contributed by atoms with Gasteiger partial charge in [0.15, 0.2) is 6.61 Å². The molecule has 0 saturated carbocycles. The number of rotatable bonds is 7. The molecule has 27 heavy (non-hydrogen) atoms. The van der Waals surface area contributed by atoms with E-state index in [4.69, 9.17) is 25.8 Å². The van der Waals surface area contributed by atoms with Gasteiger partial charge in [0, 0.05) is 11.8 Å². The Morgan fingerprint density at radius 2 is 1.89 bits per heavy atom. The molecule has 1 amide bonds. The van der Waals surface area contributed by atoms with Crippen LogP contribution >= 0.6 is 11.6 Å². The first-order valence-electron chi connectivity index (χ1n) is 7.48. The number of carbonyl (C=O) groups is 2. The number of hydrogen-bond donors (Lipinski definition) is 1. The lowest BCUT2D eigenvalue weighted by atomic mass is 10.2. The Morgan fingerprint density at radius 3 is 2.52 bits per heavy atom. The minimum atomic E-state index is -0.789. The summed E-state index contributed by atoms with van der Waals surface area (Å²) in [5.41, 5.74) is -0.120. The second-order valence-corrected chi connectivity index (χ2v) is 5.52. The minimum absolute atomic E-state index is 0.0606. The summed E-state index contributed by atoms with van der Waals surface area (Å²) in [5, 5.41) is 13.2. The second-order valence-electron chi connectivity index (χ2n) is 5.11. The molecule has 0 fully saturated rings. The fourth-order valence-corrected chi connectivity index (χ4v) is 2.30. The summed E-state index contributed by atoms with van der Waals surface area (Å²) in [6.07, 6.45) is 0. The molecule has 0 aromatic heterocycles. The summed E-state index contributed by atoms with van der Waals surface area (Å²) in [5.74, 6) is -0.792. The number of carbonyl (C=O) groups excluding carboxylic acids is 2. The van der Waals surface area contributed by atoms with Crippen LogP contribution in [0.2, 0.25) is 5.02 Å². The molecular weight excluding hydrogens is 380 g/mol. The number of hydrogen-bond acceptors (Lipinski definition) is 7. The molecule has 0 aliphatic carbocycles. The number of ether oxygens (including phenoxy) is 3. The van der Waals surface area contributed by atoms with Crippen molar-refractivity contribution in [1.82, 2.24) is 0 Å². The van der Waals surface area contributed by atoms with E-state index < -0.39 is 23.4 Å². The van der Waals surface area contributed by atoms with Crippen molar-refractivity contribution in [3.05, 3.63) is 57.1 Å². The lowest BCUT2D eigenvalue weighted by molar-refractivity contribution is -0.384. The molecule has 0 atom stereocenters. The first-order chi connectivity index (χ1) is 12.8. The Morgan fingerprint density at radius 1 is 1.15 bits per heavy atom. The minimum Gasteiger partial charge on any atom is -0.497 e. The smallest absolute Gasteiger partial charge is 0.342 e. The fourth-order valence-electron chi connectivity index (χ4n) is 2.11. The molecule has 10 heteroatoms. The molecule has 0 radical (unpaired) electrons. The number of amides is 1. The molecule has 2 rings (SSSR count). The van der Waals surface area contributed by atoms with E-state index in [-0.39, 0.29) is 27.7 Å². The van der Waals surface area contributed by atoms with E-state index in [1.807, 2.05) is 0 Å². The van der Waals surface area contributed by atoms with Gasteiger partial charge in [-0.05, 0) is 30.3 Å². The zero-order chi connectivity index (χ0) is 20.0. The third kappa shape index (κ3) is 5.08. The molecule has 0 aliphatic rings. The van der Waals surface area contributed by atoms with Gasteiger partial charge in [-0.1, -0.05) is 11.6 Å². The maximum atomic E-state index is 12.2. The van der Waals surface area contributed by atoms with Crippen LogP contribution in [0.15, 0.2) is 36.4 Å². The van der Waals surface area contributed by atoms with E-state index in [2.05, 4.69) is 5.32 Å². The average Bonchev–Trinajstić information content (AvgIpc) is 2.66. The predicted octanol–water partition coefficient (Wildman–Crippen LogP) is 3.06. The Bertz CT molecular complexity index is 886. The number of nitrogens with one attached hydrogen (secondary N) is 1. The van der Waals surface area contributed by atoms with Crippen molar-refractivity contribution in [2.24, 2.45) is 0 Å². The topological polar surface area (TPSA) is 117 Å². The van der Waals surface area contributed by atoms with Gasteiger partial charge < -0.3 is 19.5 Å². The van der Waals surface area contributed by atoms with E-state index in [9.17, 15) is 19.7 Å². The molecule has 0 bridgehead atoms. The number of nitro benzene ring substituents is 1. The molecular formula is C17H15ClN2O7. The van der Waals surface area contributed by atoms with Gasteiger partial charge >= 0.3 is 5.97 Å². The van der Waals surface area contributed by atoms with Gasteiger partial charge in [0.2, 0.25) is 0 Å². The van der Waals surface area contributed by atoms with Crippen LogP contribution in [0.3, 0.4) is 0 Å². The molecule has 1 N–H and O–H groups in total. The maximum Gasteiger partial charge on any atom is 0.342 e. The van der Waals surface area contributed by atoms with Crippen LogP contribution in [0, 0.1) is 10.1 Å². The number of nitro groups is 1. The van der Waals surface area contributed by atoms with Crippen LogP contribution in [0.4, 0.5) is 11.4 Å². The molecule has 0 aliphatic heterocycles. The second kappa shape index (κ2) is 8.86. The summed E-state index contributed by atoms with van der Waals surface area (Å²) in [6, 6.07) is 8.33. The van der Waals surface area contributed by atoms with Crippen molar-refractivity contribution < 1.29 is 28.7 Å². The van der Waals surface area contributed by atoms with Crippen molar-refractivity contribution >= 4 is 34.9 Å². The highest BCUT2D eigenvalue weighted by Crippen LogP contribution is 2.27. The maximum absolute atomic E-state index is 12.2. The van der Waals surface area contributed by atoms with Gasteiger partial charge in [0.1, 0.15) is 22.1 Å². The van der Waals surface area contributed by atoms with E-state index >= 15 is 0 Å². The number of benzene rings is 2. The first kappa shape index (κ1) is 20.0. The van der Waals surface area contributed by atoms with Crippen LogP contribution in [0.1, 0.15) is 10.4 Å². The van der Waals surface area contributed by atoms with Gasteiger partial charge in [-0.15, -0.1) is 0 Å². The molecule has 9 nitrogen and oxygen atoms in total. The lowest BCUT2D eigenvalue weighted by Crippen LogP contribution is -2.21. The fraction of sp³-hybridized carbons (Fsp3) is 0.176. The van der Waals surface area contributed by atoms with Gasteiger partial charge in [0.05, 0.1) is 19.1 Å². The van der Waals surface area contributed by atoms with Crippen LogP contribution in [0.5, 0.6) is 11.5 Å². The van der Waals surface area contributed by atoms with Crippen molar-refractivity contribution in [2.75, 3.05) is 26.1 Å². The highest BCUT2D eigenvalue weighted by atomic mass is 35.5. The Balaban J connectivity index is 2.03. The Hall–Kier alpha value is -3.33. The Labute approximate surface area is 158 Å². The molecule has 0 unspecified atom stereocenters. The zero-order valence-corrected chi connectivity index (χ0v) is 15.1. The van der Waals surface area contributed by atoms with E-state index in [0.29, 0.717) is 5.75 Å². The molecule has 142 valence electrons. The highest BCUT2D eigenvalue weighted by Gasteiger charge is 2.18. The summed E-state index contributed by atoms with van der Waals surface area (Å²) >= 11 is 5.71. The standard InChI is InChI=1S/C17H15ClN2O7/c1-25-11-4-6-15(26-2)12(8-11)17(22)27-9-16(21)19-10-3-5-13(18)14(7-10)20(23)24/h3-8H,9H2,1-2H3,(H,19,21). The normalized spacial score (nSPS) is 10.0. The largest absolute Gasteiger partial charge is 0.497 e. The summed E-state index contributed by atoms with van der Waals surface area (Å²) < 4.78 is 15.1. The third-order valence-electron chi connectivity index (χ3n) is 3.39. The molecule has 0 spiro atoms. The van der Waals surface area contributed by atoms with Gasteiger partial charge in [0.25, 0.3) is 11.6 Å². The quantitative estimate of drug-likeness (QED) is 0.435. The van der Waals surface area contributed by atoms with E-state index in [0.717, 1.165) is 6.07 Å². The Kier molecular flexibility index (Phi) is 6.56. The van der Waals surface area contributed by atoms with Gasteiger partial charge in [-0.25, -0.2) is 4.79 Å². The highest BCUT2D eigenvalue weighted by molar-refractivity contribution is 6.32. The summed E-state index contributed by atoms with van der Waals surface area (Å²) in [4.78, 5) is 34.3. The molecule has 0 saturated heterocycles. The SMILES string of the molecule is COc1ccc(OC)c(C(=O)OCC(=O)Nc2ccc(Cl)c([N+](=O)[O-])c2)c1. The van der Waals surface area contributed by atoms with Crippen molar-refractivity contribution in [3.8, 4) is 11.5 Å². The van der Waals surface area contributed by atoms with Crippen molar-refractivity contribution in [1.29, 1.82) is 0 Å². The molecule has 2 aromatic rings. The molecule has 0 heterocycles. The number of halogens is 1. The monoisotopic (exact) mass is 394 g/mol. The van der Waals surface area contributed by atoms with Crippen LogP contribution < -0.4 is 14.8 Å². The number of methoxy groups -OCH3 is 2. The van der Waals surface area contributed by atoms with Gasteiger partial charge in [-0.2, -0.15) is 0 Å². The van der Waals surface area contributed by atoms with Crippen LogP contribution in [0.25, 0.3) is 0 Å². The lowest BCUT2D eigenvalue weighted by Gasteiger charge is -2.10. The number of anilines is 1. The third-order valence-corrected chi connectivity index (χ3v) is 3.71. The zero-order valence-electron chi connectivity index (χ0n) is 14.4. The first-order valence-corrected chi connectivity index (χ1v) is 7.86. The van der Waals surface area contributed by atoms with Crippen molar-refractivity contribution in [3.63, 3.8) is 0 Å². The number of nitrogens with zero attached hydrogens (tertiary/aromatic N) is 1. The van der Waals surface area contributed by atoms with Gasteiger partial charge in [-0.3, -0.25) is 14.9 Å². The van der Waals surface area contributed by atoms with E-state index in [1.54, 1.807) is 6.07 Å². The predicted molar refractivity (Wildman–Crippen MR) is 96.6 cm³/mol.